The molecular formula is C15H35N3O. The van der Waals surface area contributed by atoms with E-state index >= 15 is 0 Å². The summed E-state index contributed by atoms with van der Waals surface area (Å²) < 4.78 is 0. The molecule has 0 amide bonds. The average molecular weight is 273 g/mol. The van der Waals surface area contributed by atoms with E-state index in [2.05, 4.69) is 56.9 Å². The molecule has 0 spiro atoms. The highest BCUT2D eigenvalue weighted by Crippen LogP contribution is 2.09. The monoisotopic (exact) mass is 273 g/mol. The van der Waals surface area contributed by atoms with Gasteiger partial charge in [0, 0.05) is 26.2 Å². The fraction of sp³-hybridized carbons (Fsp3) is 1.00. The second kappa shape index (κ2) is 9.70. The number of nitrogens with one attached hydrogen (secondary N) is 1. The molecule has 0 saturated heterocycles. The SMILES string of the molecule is CCCNC(C)(CO)CN(CCN(C)C)CC(C)C. The second-order valence-electron chi connectivity index (χ2n) is 6.58. The molecule has 0 fully saturated rings. The Hall–Kier alpha value is -0.160. The molecular weight excluding hydrogens is 238 g/mol. The molecule has 0 bridgehead atoms. The Labute approximate surface area is 120 Å². The molecule has 0 rings (SSSR count). The zero-order valence-corrected chi connectivity index (χ0v) is 13.9. The fourth-order valence-corrected chi connectivity index (χ4v) is 2.17. The van der Waals surface area contributed by atoms with Crippen molar-refractivity contribution in [3.8, 4) is 0 Å². The molecule has 4 heteroatoms. The summed E-state index contributed by atoms with van der Waals surface area (Å²) in [5.74, 6) is 0.649. The lowest BCUT2D eigenvalue weighted by atomic mass is 10.0. The maximum absolute atomic E-state index is 9.67. The van der Waals surface area contributed by atoms with Crippen LogP contribution in [0.25, 0.3) is 0 Å². The molecule has 2 N–H and O–H groups in total. The third-order valence-electron chi connectivity index (χ3n) is 3.21. The van der Waals surface area contributed by atoms with Gasteiger partial charge in [0.05, 0.1) is 12.1 Å². The highest BCUT2D eigenvalue weighted by Gasteiger charge is 2.25. The van der Waals surface area contributed by atoms with Crippen LogP contribution in [0.15, 0.2) is 0 Å². The van der Waals surface area contributed by atoms with Crippen molar-refractivity contribution in [3.63, 3.8) is 0 Å². The Balaban J connectivity index is 4.47. The van der Waals surface area contributed by atoms with Crippen molar-refractivity contribution in [2.24, 2.45) is 5.92 Å². The third kappa shape index (κ3) is 9.38. The van der Waals surface area contributed by atoms with E-state index < -0.39 is 0 Å². The van der Waals surface area contributed by atoms with Crippen LogP contribution in [0.5, 0.6) is 0 Å². The van der Waals surface area contributed by atoms with Gasteiger partial charge in [-0.15, -0.1) is 0 Å². The Morgan fingerprint density at radius 2 is 1.84 bits per heavy atom. The number of likely N-dealkylation sites (N-methyl/N-ethyl adjacent to an activating group) is 1. The summed E-state index contributed by atoms with van der Waals surface area (Å²) in [5, 5.41) is 13.2. The van der Waals surface area contributed by atoms with Gasteiger partial charge >= 0.3 is 0 Å². The van der Waals surface area contributed by atoms with Crippen LogP contribution >= 0.6 is 0 Å². The molecule has 0 aromatic heterocycles. The van der Waals surface area contributed by atoms with Gasteiger partial charge in [0.1, 0.15) is 0 Å². The van der Waals surface area contributed by atoms with Gasteiger partial charge in [0.25, 0.3) is 0 Å². The Morgan fingerprint density at radius 3 is 2.26 bits per heavy atom. The molecule has 0 heterocycles. The molecule has 1 atom stereocenters. The topological polar surface area (TPSA) is 38.7 Å². The first-order valence-electron chi connectivity index (χ1n) is 7.56. The highest BCUT2D eigenvalue weighted by molar-refractivity contribution is 4.86. The normalized spacial score (nSPS) is 15.5. The van der Waals surface area contributed by atoms with E-state index in [-0.39, 0.29) is 12.1 Å². The van der Waals surface area contributed by atoms with Gasteiger partial charge < -0.3 is 15.3 Å². The zero-order chi connectivity index (χ0) is 14.9. The molecule has 116 valence electrons. The smallest absolute Gasteiger partial charge is 0.0623 e. The van der Waals surface area contributed by atoms with Crippen LogP contribution in [0.4, 0.5) is 0 Å². The standard InChI is InChI=1S/C15H35N3O/c1-7-8-16-15(4,13-19)12-18(11-14(2)3)10-9-17(5)6/h14,16,19H,7-13H2,1-6H3. The van der Waals surface area contributed by atoms with Gasteiger partial charge in [0.2, 0.25) is 0 Å². The summed E-state index contributed by atoms with van der Waals surface area (Å²) in [5.41, 5.74) is -0.197. The summed E-state index contributed by atoms with van der Waals surface area (Å²) in [6, 6.07) is 0. The van der Waals surface area contributed by atoms with E-state index in [0.717, 1.165) is 39.1 Å². The molecule has 0 saturated carbocycles. The van der Waals surface area contributed by atoms with Crippen molar-refractivity contribution in [2.75, 3.05) is 53.4 Å². The van der Waals surface area contributed by atoms with E-state index in [9.17, 15) is 5.11 Å². The fourth-order valence-electron chi connectivity index (χ4n) is 2.17. The van der Waals surface area contributed by atoms with Gasteiger partial charge in [-0.1, -0.05) is 20.8 Å². The lowest BCUT2D eigenvalue weighted by Crippen LogP contribution is -2.55. The van der Waals surface area contributed by atoms with Gasteiger partial charge in [0.15, 0.2) is 0 Å². The maximum atomic E-state index is 9.67. The van der Waals surface area contributed by atoms with Crippen LogP contribution < -0.4 is 5.32 Å². The lowest BCUT2D eigenvalue weighted by molar-refractivity contribution is 0.108. The molecule has 0 aliphatic heterocycles. The summed E-state index contributed by atoms with van der Waals surface area (Å²) in [6.45, 7) is 14.0. The van der Waals surface area contributed by atoms with Crippen molar-refractivity contribution in [3.05, 3.63) is 0 Å². The van der Waals surface area contributed by atoms with E-state index in [1.165, 1.54) is 0 Å². The summed E-state index contributed by atoms with van der Waals surface area (Å²) >= 11 is 0. The van der Waals surface area contributed by atoms with Crippen LogP contribution in [0, 0.1) is 5.92 Å². The van der Waals surface area contributed by atoms with Crippen molar-refractivity contribution < 1.29 is 5.11 Å². The van der Waals surface area contributed by atoms with Crippen molar-refractivity contribution in [1.29, 1.82) is 0 Å². The molecule has 0 aromatic carbocycles. The molecule has 0 aliphatic carbocycles. The minimum Gasteiger partial charge on any atom is -0.394 e. The van der Waals surface area contributed by atoms with E-state index in [1.54, 1.807) is 0 Å². The van der Waals surface area contributed by atoms with Gasteiger partial charge in [-0.2, -0.15) is 0 Å². The molecule has 4 nitrogen and oxygen atoms in total. The quantitative estimate of drug-likeness (QED) is 0.594. The number of nitrogens with zero attached hydrogens (tertiary/aromatic N) is 2. The van der Waals surface area contributed by atoms with Crippen molar-refractivity contribution >= 4 is 0 Å². The highest BCUT2D eigenvalue weighted by atomic mass is 16.3. The molecule has 0 radical (unpaired) electrons. The minimum atomic E-state index is -0.197. The summed E-state index contributed by atoms with van der Waals surface area (Å²) in [7, 11) is 4.21. The van der Waals surface area contributed by atoms with Gasteiger partial charge in [-0.3, -0.25) is 4.90 Å². The van der Waals surface area contributed by atoms with Crippen LogP contribution in [0.2, 0.25) is 0 Å². The first kappa shape index (κ1) is 18.8. The molecule has 0 aliphatic rings. The zero-order valence-electron chi connectivity index (χ0n) is 13.9. The number of aliphatic hydroxyl groups excluding tert-OH is 1. The van der Waals surface area contributed by atoms with Crippen LogP contribution in [-0.4, -0.2) is 73.9 Å². The van der Waals surface area contributed by atoms with Crippen molar-refractivity contribution in [1.82, 2.24) is 15.1 Å². The summed E-state index contributed by atoms with van der Waals surface area (Å²) in [4.78, 5) is 4.67. The maximum Gasteiger partial charge on any atom is 0.0623 e. The van der Waals surface area contributed by atoms with E-state index in [1.807, 2.05) is 0 Å². The largest absolute Gasteiger partial charge is 0.394 e. The van der Waals surface area contributed by atoms with E-state index in [0.29, 0.717) is 5.92 Å². The lowest BCUT2D eigenvalue weighted by Gasteiger charge is -2.36. The van der Waals surface area contributed by atoms with E-state index in [4.69, 9.17) is 0 Å². The number of hydrogen-bond acceptors (Lipinski definition) is 4. The Bertz CT molecular complexity index is 221. The second-order valence-corrected chi connectivity index (χ2v) is 6.58. The summed E-state index contributed by atoms with van der Waals surface area (Å²) in [6.07, 6.45) is 1.09. The van der Waals surface area contributed by atoms with Crippen LogP contribution in [0.1, 0.15) is 34.1 Å². The number of aliphatic hydroxyl groups is 1. The van der Waals surface area contributed by atoms with Gasteiger partial charge in [-0.25, -0.2) is 0 Å². The third-order valence-corrected chi connectivity index (χ3v) is 3.21. The minimum absolute atomic E-state index is 0.184. The Kier molecular flexibility index (Phi) is 9.62. The number of hydrogen-bond donors (Lipinski definition) is 2. The molecule has 0 aromatic rings. The predicted molar refractivity (Wildman–Crippen MR) is 83.6 cm³/mol. The first-order valence-corrected chi connectivity index (χ1v) is 7.56. The van der Waals surface area contributed by atoms with Gasteiger partial charge in [-0.05, 0) is 39.9 Å². The Morgan fingerprint density at radius 1 is 1.21 bits per heavy atom. The van der Waals surface area contributed by atoms with Crippen LogP contribution in [0.3, 0.4) is 0 Å². The number of rotatable bonds is 11. The average Bonchev–Trinajstić information content (AvgIpc) is 2.33. The molecule has 1 unspecified atom stereocenters. The van der Waals surface area contributed by atoms with Crippen LogP contribution in [-0.2, 0) is 0 Å². The molecule has 19 heavy (non-hydrogen) atoms. The van der Waals surface area contributed by atoms with Crippen molar-refractivity contribution in [2.45, 2.75) is 39.7 Å². The predicted octanol–water partition coefficient (Wildman–Crippen LogP) is 1.26. The first-order chi connectivity index (χ1) is 8.83.